The van der Waals surface area contributed by atoms with Gasteiger partial charge in [0.25, 0.3) is 0 Å². The van der Waals surface area contributed by atoms with Gasteiger partial charge in [0.15, 0.2) is 6.04 Å². The van der Waals surface area contributed by atoms with Crippen molar-refractivity contribution in [3.63, 3.8) is 0 Å². The molecule has 1 fully saturated rings. The highest BCUT2D eigenvalue weighted by Crippen LogP contribution is 2.31. The minimum Gasteiger partial charge on any atom is -0.493 e. The molecule has 7 nitrogen and oxygen atoms in total. The SMILES string of the molecule is CCc1cnc(N2CCC(COc3ccc(C4=CCC(C(O)=[NH+][C@H](C)CO)CC4)cc3)CC2)[nH+]c1. The van der Waals surface area contributed by atoms with Crippen molar-refractivity contribution in [1.29, 1.82) is 0 Å². The number of benzene rings is 1. The Labute approximate surface area is 208 Å². The highest BCUT2D eigenvalue weighted by atomic mass is 16.5. The minimum atomic E-state index is -0.131. The lowest BCUT2D eigenvalue weighted by Crippen LogP contribution is -2.81. The van der Waals surface area contributed by atoms with Gasteiger partial charge in [-0.05, 0) is 74.6 Å². The number of nitrogens with one attached hydrogen (secondary N) is 2. The lowest BCUT2D eigenvalue weighted by molar-refractivity contribution is -0.513. The number of ether oxygens (including phenoxy) is 1. The summed E-state index contributed by atoms with van der Waals surface area (Å²) in [5, 5.41) is 19.4. The van der Waals surface area contributed by atoms with Crippen LogP contribution in [0.4, 0.5) is 5.95 Å². The number of nitrogens with zero attached hydrogens (tertiary/aromatic N) is 2. The van der Waals surface area contributed by atoms with Gasteiger partial charge in [-0.3, -0.25) is 4.90 Å². The van der Waals surface area contributed by atoms with Crippen molar-refractivity contribution in [2.75, 3.05) is 31.2 Å². The summed E-state index contributed by atoms with van der Waals surface area (Å²) in [7, 11) is 0. The normalized spacial score (nSPS) is 20.4. The molecule has 1 aromatic carbocycles. The van der Waals surface area contributed by atoms with Crippen LogP contribution in [-0.4, -0.2) is 53.4 Å². The monoisotopic (exact) mass is 480 g/mol. The number of piperidine rings is 1. The lowest BCUT2D eigenvalue weighted by Gasteiger charge is -2.27. The molecule has 0 radical (unpaired) electrons. The molecule has 0 spiro atoms. The van der Waals surface area contributed by atoms with Crippen molar-refractivity contribution in [3.05, 3.63) is 53.9 Å². The Bertz CT molecular complexity index is 996. The first kappa shape index (κ1) is 25.2. The molecule has 1 saturated heterocycles. The largest absolute Gasteiger partial charge is 0.493 e. The first-order chi connectivity index (χ1) is 17.1. The molecule has 7 heteroatoms. The Morgan fingerprint density at radius 3 is 2.60 bits per heavy atom. The highest BCUT2D eigenvalue weighted by Gasteiger charge is 2.27. The van der Waals surface area contributed by atoms with Gasteiger partial charge in [0.2, 0.25) is 0 Å². The molecule has 1 aliphatic heterocycles. The Balaban J connectivity index is 1.22. The third-order valence-electron chi connectivity index (χ3n) is 7.24. The summed E-state index contributed by atoms with van der Waals surface area (Å²) in [5.41, 5.74) is 3.77. The number of rotatable bonds is 9. The van der Waals surface area contributed by atoms with Gasteiger partial charge in [0.05, 0.1) is 31.8 Å². The number of aryl methyl sites for hydroxylation is 1. The fourth-order valence-corrected chi connectivity index (χ4v) is 4.79. The van der Waals surface area contributed by atoms with Crippen LogP contribution in [0.5, 0.6) is 5.75 Å². The molecule has 2 aromatic rings. The summed E-state index contributed by atoms with van der Waals surface area (Å²) in [6, 6.07) is 8.29. The van der Waals surface area contributed by atoms with Crippen LogP contribution in [0, 0.1) is 11.8 Å². The van der Waals surface area contributed by atoms with E-state index in [-0.39, 0.29) is 18.6 Å². The molecular formula is C28H40N4O3+2. The standard InChI is InChI=1S/C28H38N4O3/c1-3-21-16-29-28(30-17-21)32-14-12-22(13-15-32)19-35-26-10-8-24(9-11-26)23-4-6-25(7-5-23)27(34)31-20(2)18-33/h4,8-11,16-17,20,22,25,33H,3,5-7,12-15,18-19H2,1-2H3,(H,31,34)/p+2/t20-,25?/m1/s1. The Kier molecular flexibility index (Phi) is 8.74. The van der Waals surface area contributed by atoms with Gasteiger partial charge in [-0.25, -0.2) is 9.98 Å². The number of aliphatic hydroxyl groups is 2. The predicted octanol–water partition coefficient (Wildman–Crippen LogP) is 2.35. The van der Waals surface area contributed by atoms with Gasteiger partial charge in [0.1, 0.15) is 18.6 Å². The molecule has 0 saturated carbocycles. The van der Waals surface area contributed by atoms with Crippen molar-refractivity contribution in [2.45, 2.75) is 58.4 Å². The molecule has 2 atom stereocenters. The Morgan fingerprint density at radius 1 is 1.23 bits per heavy atom. The maximum Gasteiger partial charge on any atom is 0.391 e. The second-order valence-corrected chi connectivity index (χ2v) is 9.88. The van der Waals surface area contributed by atoms with Crippen LogP contribution in [0.25, 0.3) is 5.57 Å². The van der Waals surface area contributed by atoms with Crippen molar-refractivity contribution < 1.29 is 24.9 Å². The molecule has 0 bridgehead atoms. The number of H-pyrrole nitrogens is 1. The first-order valence-corrected chi connectivity index (χ1v) is 13.0. The molecule has 35 heavy (non-hydrogen) atoms. The number of aromatic nitrogens is 2. The van der Waals surface area contributed by atoms with Crippen LogP contribution in [-0.2, 0) is 6.42 Å². The van der Waals surface area contributed by atoms with Gasteiger partial charge < -0.3 is 14.9 Å². The zero-order valence-electron chi connectivity index (χ0n) is 21.0. The number of aliphatic hydroxyl groups excluding tert-OH is 2. The van der Waals surface area contributed by atoms with E-state index in [1.807, 2.05) is 13.1 Å². The number of anilines is 1. The van der Waals surface area contributed by atoms with Crippen LogP contribution < -0.4 is 19.6 Å². The fraction of sp³-hybridized carbons (Fsp3) is 0.536. The smallest absolute Gasteiger partial charge is 0.391 e. The van der Waals surface area contributed by atoms with E-state index in [1.54, 1.807) is 0 Å². The van der Waals surface area contributed by atoms with Crippen molar-refractivity contribution in [3.8, 4) is 5.75 Å². The summed E-state index contributed by atoms with van der Waals surface area (Å²) in [5.74, 6) is 2.84. The number of hydrogen-bond acceptors (Lipinski definition) is 4. The Hall–Kier alpha value is -2.93. The van der Waals surface area contributed by atoms with Crippen LogP contribution >= 0.6 is 0 Å². The summed E-state index contributed by atoms with van der Waals surface area (Å²) in [6.45, 7) is 6.75. The molecule has 4 N–H and O–H groups in total. The van der Waals surface area contributed by atoms with E-state index in [0.29, 0.717) is 11.8 Å². The van der Waals surface area contributed by atoms with Gasteiger partial charge in [-0.15, -0.1) is 0 Å². The van der Waals surface area contributed by atoms with E-state index in [1.165, 1.54) is 16.7 Å². The average molecular weight is 481 g/mol. The van der Waals surface area contributed by atoms with Gasteiger partial charge >= 0.3 is 11.8 Å². The molecule has 1 unspecified atom stereocenters. The second-order valence-electron chi connectivity index (χ2n) is 9.88. The number of hydrogen-bond donors (Lipinski definition) is 3. The van der Waals surface area contributed by atoms with E-state index in [9.17, 15) is 5.11 Å². The third-order valence-corrected chi connectivity index (χ3v) is 7.24. The molecule has 1 aromatic heterocycles. The van der Waals surface area contributed by atoms with Crippen molar-refractivity contribution >= 4 is 17.4 Å². The van der Waals surface area contributed by atoms with E-state index in [2.05, 4.69) is 63.3 Å². The summed E-state index contributed by atoms with van der Waals surface area (Å²) < 4.78 is 6.13. The second kappa shape index (κ2) is 12.2. The zero-order chi connectivity index (χ0) is 24.6. The molecule has 2 aliphatic rings. The van der Waals surface area contributed by atoms with Gasteiger partial charge in [0, 0.05) is 5.56 Å². The van der Waals surface area contributed by atoms with Gasteiger partial charge in [-0.2, -0.15) is 0 Å². The Morgan fingerprint density at radius 2 is 2.00 bits per heavy atom. The summed E-state index contributed by atoms with van der Waals surface area (Å²) in [4.78, 5) is 13.2. The summed E-state index contributed by atoms with van der Waals surface area (Å²) >= 11 is 0. The van der Waals surface area contributed by atoms with E-state index in [4.69, 9.17) is 9.84 Å². The first-order valence-electron chi connectivity index (χ1n) is 13.0. The predicted molar refractivity (Wildman–Crippen MR) is 138 cm³/mol. The van der Waals surface area contributed by atoms with Crippen LogP contribution in [0.3, 0.4) is 0 Å². The van der Waals surface area contributed by atoms with Crippen LogP contribution in [0.1, 0.15) is 57.1 Å². The van der Waals surface area contributed by atoms with Crippen LogP contribution in [0.15, 0.2) is 42.7 Å². The van der Waals surface area contributed by atoms with Crippen LogP contribution in [0.2, 0.25) is 0 Å². The quantitative estimate of drug-likeness (QED) is 0.378. The maximum absolute atomic E-state index is 10.3. The lowest BCUT2D eigenvalue weighted by atomic mass is 9.86. The number of aromatic amines is 1. The molecule has 1 aliphatic carbocycles. The van der Waals surface area contributed by atoms with E-state index >= 15 is 0 Å². The van der Waals surface area contributed by atoms with E-state index < -0.39 is 0 Å². The average Bonchev–Trinajstić information content (AvgIpc) is 2.92. The summed E-state index contributed by atoms with van der Waals surface area (Å²) in [6.07, 6.45) is 12.1. The fourth-order valence-electron chi connectivity index (χ4n) is 4.79. The molecule has 188 valence electrons. The minimum absolute atomic E-state index is 0.00913. The van der Waals surface area contributed by atoms with Gasteiger partial charge in [-0.1, -0.05) is 30.1 Å². The third kappa shape index (κ3) is 6.82. The van der Waals surface area contributed by atoms with Crippen molar-refractivity contribution in [2.24, 2.45) is 11.8 Å². The van der Waals surface area contributed by atoms with E-state index in [0.717, 1.165) is 69.9 Å². The zero-order valence-corrected chi connectivity index (χ0v) is 21.0. The molecule has 2 heterocycles. The molecular weight excluding hydrogens is 440 g/mol. The van der Waals surface area contributed by atoms with Crippen molar-refractivity contribution in [1.82, 2.24) is 4.98 Å². The molecule has 0 amide bonds. The molecule has 4 rings (SSSR count). The number of allylic oxidation sites excluding steroid dienone is 2. The highest BCUT2D eigenvalue weighted by molar-refractivity contribution is 5.74. The maximum atomic E-state index is 10.3. The topological polar surface area (TPSA) is 93.9 Å².